The van der Waals surface area contributed by atoms with Crippen molar-refractivity contribution in [3.8, 4) is 0 Å². The number of hydrogen-bond donors (Lipinski definition) is 7. The molecule has 0 aliphatic heterocycles. The van der Waals surface area contributed by atoms with E-state index in [2.05, 4.69) is 17.6 Å². The Bertz CT molecular complexity index is 720. The maximum Gasteiger partial charge on any atom is 0.336 e. The number of carboxylic acid groups (broad SMARTS) is 2. The van der Waals surface area contributed by atoms with E-state index in [0.717, 1.165) is 19.3 Å². The smallest absolute Gasteiger partial charge is 0.336 e. The van der Waals surface area contributed by atoms with Crippen molar-refractivity contribution in [2.45, 2.75) is 95.6 Å². The Hall–Kier alpha value is -2.77. The SMILES string of the molecule is CCCCCCCCCC(=O)N(O)CCCNC(=O)CC(O)(CC(=O)NCCC(N)C(=O)O)C(=O)O. The number of hydrogen-bond acceptors (Lipinski definition) is 8. The molecule has 13 heteroatoms. The van der Waals surface area contributed by atoms with Gasteiger partial charge in [0.2, 0.25) is 17.7 Å². The number of carboxylic acids is 2. The summed E-state index contributed by atoms with van der Waals surface area (Å²) in [5.41, 5.74) is 2.63. The molecule has 0 aliphatic rings. The van der Waals surface area contributed by atoms with Crippen LogP contribution in [0.15, 0.2) is 0 Å². The maximum atomic E-state index is 12.1. The highest BCUT2D eigenvalue weighted by atomic mass is 16.5. The predicted octanol–water partition coefficient (Wildman–Crippen LogP) is 0.365. The molecule has 0 heterocycles. The van der Waals surface area contributed by atoms with E-state index < -0.39 is 54.1 Å². The molecule has 13 nitrogen and oxygen atoms in total. The summed E-state index contributed by atoms with van der Waals surface area (Å²) in [6.07, 6.45) is 5.85. The Kier molecular flexibility index (Phi) is 17.1. The van der Waals surface area contributed by atoms with Gasteiger partial charge in [-0.25, -0.2) is 9.86 Å². The van der Waals surface area contributed by atoms with Gasteiger partial charge in [0, 0.05) is 19.5 Å². The van der Waals surface area contributed by atoms with Crippen LogP contribution in [0.4, 0.5) is 0 Å². The molecule has 0 saturated heterocycles. The molecular formula is C23H42N4O9. The van der Waals surface area contributed by atoms with Crippen molar-refractivity contribution in [1.29, 1.82) is 0 Å². The lowest BCUT2D eigenvalue weighted by Gasteiger charge is -2.22. The van der Waals surface area contributed by atoms with E-state index in [4.69, 9.17) is 10.8 Å². The van der Waals surface area contributed by atoms with Gasteiger partial charge in [-0.05, 0) is 19.3 Å². The first-order valence-corrected chi connectivity index (χ1v) is 12.4. The van der Waals surface area contributed by atoms with Gasteiger partial charge in [0.1, 0.15) is 6.04 Å². The number of carbonyl (C=O) groups excluding carboxylic acids is 3. The summed E-state index contributed by atoms with van der Waals surface area (Å²) in [5.74, 6) is -5.16. The van der Waals surface area contributed by atoms with E-state index in [-0.39, 0.29) is 38.9 Å². The van der Waals surface area contributed by atoms with Crippen LogP contribution in [0.2, 0.25) is 0 Å². The lowest BCUT2D eigenvalue weighted by atomic mass is 9.94. The molecular weight excluding hydrogens is 476 g/mol. The van der Waals surface area contributed by atoms with Crippen LogP contribution in [0.5, 0.6) is 0 Å². The summed E-state index contributed by atoms with van der Waals surface area (Å²) in [5, 5.41) is 43.3. The van der Waals surface area contributed by atoms with E-state index in [9.17, 15) is 39.4 Å². The lowest BCUT2D eigenvalue weighted by Crippen LogP contribution is -2.47. The minimum Gasteiger partial charge on any atom is -0.480 e. The van der Waals surface area contributed by atoms with Gasteiger partial charge >= 0.3 is 11.9 Å². The molecule has 0 aromatic heterocycles. The molecule has 0 rings (SSSR count). The predicted molar refractivity (Wildman–Crippen MR) is 129 cm³/mol. The standard InChI is InChI=1S/C23H42N4O9/c1-2-3-4-5-6-7-8-10-20(30)27(36)14-9-12-25-18(28)15-23(35,22(33)34)16-19(29)26-13-11-17(24)21(31)32/h17,35-36H,2-16,24H2,1H3,(H,25,28)(H,26,29)(H,31,32)(H,33,34). The number of hydroxylamine groups is 2. The van der Waals surface area contributed by atoms with Crippen molar-refractivity contribution in [3.05, 3.63) is 0 Å². The van der Waals surface area contributed by atoms with Gasteiger partial charge in [-0.1, -0.05) is 45.4 Å². The average molecular weight is 519 g/mol. The fourth-order valence-corrected chi connectivity index (χ4v) is 3.30. The number of amides is 3. The van der Waals surface area contributed by atoms with Gasteiger partial charge in [0.25, 0.3) is 0 Å². The third-order valence-corrected chi connectivity index (χ3v) is 5.55. The maximum absolute atomic E-state index is 12.1. The van der Waals surface area contributed by atoms with Crippen LogP contribution in [0, 0.1) is 0 Å². The molecule has 0 aliphatic carbocycles. The fraction of sp³-hybridized carbons (Fsp3) is 0.783. The second kappa shape index (κ2) is 18.5. The van der Waals surface area contributed by atoms with Crippen LogP contribution in [0.1, 0.15) is 84.0 Å². The number of aliphatic carboxylic acids is 2. The largest absolute Gasteiger partial charge is 0.480 e. The van der Waals surface area contributed by atoms with Crippen molar-refractivity contribution >= 4 is 29.7 Å². The number of carbonyl (C=O) groups is 5. The summed E-state index contributed by atoms with van der Waals surface area (Å²) >= 11 is 0. The van der Waals surface area contributed by atoms with Crippen molar-refractivity contribution < 1.29 is 44.5 Å². The number of nitrogens with two attached hydrogens (primary N) is 1. The van der Waals surface area contributed by atoms with Crippen molar-refractivity contribution in [3.63, 3.8) is 0 Å². The Balaban J connectivity index is 4.26. The fourth-order valence-electron chi connectivity index (χ4n) is 3.30. The quantitative estimate of drug-likeness (QED) is 0.0628. The van der Waals surface area contributed by atoms with Crippen LogP contribution in [-0.4, -0.2) is 86.5 Å². The molecule has 0 aromatic rings. The Morgan fingerprint density at radius 2 is 1.39 bits per heavy atom. The van der Waals surface area contributed by atoms with Crippen molar-refractivity contribution in [2.24, 2.45) is 5.73 Å². The Morgan fingerprint density at radius 3 is 1.92 bits per heavy atom. The highest BCUT2D eigenvalue weighted by Crippen LogP contribution is 2.16. The molecule has 0 bridgehead atoms. The summed E-state index contributed by atoms with van der Waals surface area (Å²) in [6.45, 7) is 1.98. The summed E-state index contributed by atoms with van der Waals surface area (Å²) in [7, 11) is 0. The number of nitrogens with one attached hydrogen (secondary N) is 2. The molecule has 0 saturated carbocycles. The first-order valence-electron chi connectivity index (χ1n) is 12.4. The third kappa shape index (κ3) is 15.3. The first-order chi connectivity index (χ1) is 16.9. The summed E-state index contributed by atoms with van der Waals surface area (Å²) in [4.78, 5) is 58.0. The van der Waals surface area contributed by atoms with E-state index in [1.54, 1.807) is 0 Å². The molecule has 0 radical (unpaired) electrons. The van der Waals surface area contributed by atoms with Crippen LogP contribution < -0.4 is 16.4 Å². The van der Waals surface area contributed by atoms with Gasteiger partial charge in [-0.15, -0.1) is 0 Å². The molecule has 36 heavy (non-hydrogen) atoms. The van der Waals surface area contributed by atoms with Gasteiger partial charge in [-0.3, -0.25) is 24.4 Å². The van der Waals surface area contributed by atoms with Crippen LogP contribution >= 0.6 is 0 Å². The van der Waals surface area contributed by atoms with Crippen molar-refractivity contribution in [1.82, 2.24) is 15.7 Å². The van der Waals surface area contributed by atoms with Gasteiger partial charge in [-0.2, -0.15) is 0 Å². The molecule has 3 amide bonds. The molecule has 0 spiro atoms. The second-order valence-corrected chi connectivity index (χ2v) is 8.87. The monoisotopic (exact) mass is 518 g/mol. The highest BCUT2D eigenvalue weighted by Gasteiger charge is 2.40. The van der Waals surface area contributed by atoms with Crippen LogP contribution in [-0.2, 0) is 24.0 Å². The number of unbranched alkanes of at least 4 members (excludes halogenated alkanes) is 6. The molecule has 8 N–H and O–H groups in total. The van der Waals surface area contributed by atoms with Crippen LogP contribution in [0.3, 0.4) is 0 Å². The first kappa shape index (κ1) is 33.2. The molecule has 0 aromatic carbocycles. The van der Waals surface area contributed by atoms with Gasteiger partial charge in [0.05, 0.1) is 19.4 Å². The lowest BCUT2D eigenvalue weighted by molar-refractivity contribution is -0.166. The van der Waals surface area contributed by atoms with E-state index in [1.807, 2.05) is 0 Å². The normalized spacial score (nSPS) is 13.3. The Labute approximate surface area is 211 Å². The highest BCUT2D eigenvalue weighted by molar-refractivity contribution is 5.91. The van der Waals surface area contributed by atoms with Gasteiger partial charge < -0.3 is 31.7 Å². The molecule has 2 atom stereocenters. The number of rotatable bonds is 21. The van der Waals surface area contributed by atoms with E-state index in [1.165, 1.54) is 19.3 Å². The summed E-state index contributed by atoms with van der Waals surface area (Å²) < 4.78 is 0. The topological polar surface area (TPSA) is 220 Å². The Morgan fingerprint density at radius 1 is 0.861 bits per heavy atom. The second-order valence-electron chi connectivity index (χ2n) is 8.87. The average Bonchev–Trinajstić information content (AvgIpc) is 2.80. The molecule has 208 valence electrons. The summed E-state index contributed by atoms with van der Waals surface area (Å²) in [6, 6.07) is -1.21. The number of nitrogens with zero attached hydrogens (tertiary/aromatic N) is 1. The zero-order valence-electron chi connectivity index (χ0n) is 21.0. The van der Waals surface area contributed by atoms with E-state index in [0.29, 0.717) is 11.5 Å². The number of aliphatic hydroxyl groups is 1. The molecule has 2 unspecified atom stereocenters. The minimum absolute atomic E-state index is 0.00950. The zero-order valence-corrected chi connectivity index (χ0v) is 21.0. The minimum atomic E-state index is -2.67. The van der Waals surface area contributed by atoms with Crippen LogP contribution in [0.25, 0.3) is 0 Å². The third-order valence-electron chi connectivity index (χ3n) is 5.55. The van der Waals surface area contributed by atoms with Crippen molar-refractivity contribution in [2.75, 3.05) is 19.6 Å². The zero-order chi connectivity index (χ0) is 27.6. The van der Waals surface area contributed by atoms with Gasteiger partial charge in [0.15, 0.2) is 5.60 Å². The molecule has 0 fully saturated rings. The van der Waals surface area contributed by atoms with E-state index >= 15 is 0 Å².